The zero-order valence-corrected chi connectivity index (χ0v) is 16.7. The fraction of sp³-hybridized carbons (Fsp3) is 0.400. The van der Waals surface area contributed by atoms with Crippen molar-refractivity contribution in [2.24, 2.45) is 5.92 Å². The SMILES string of the molecule is COc1cccc(CC(=O)c2cn(CCC3CCCCC3)c3ccccc23)c1. The first kappa shape index (κ1) is 18.8. The predicted octanol–water partition coefficient (Wildman–Crippen LogP) is 6.05. The number of nitrogens with zero attached hydrogens (tertiary/aromatic N) is 1. The van der Waals surface area contributed by atoms with E-state index in [2.05, 4.69) is 29.0 Å². The van der Waals surface area contributed by atoms with Crippen LogP contribution >= 0.6 is 0 Å². The molecule has 1 fully saturated rings. The van der Waals surface area contributed by atoms with Crippen molar-refractivity contribution in [1.29, 1.82) is 0 Å². The van der Waals surface area contributed by atoms with Gasteiger partial charge >= 0.3 is 0 Å². The highest BCUT2D eigenvalue weighted by atomic mass is 16.5. The Morgan fingerprint density at radius 2 is 1.89 bits per heavy atom. The van der Waals surface area contributed by atoms with Gasteiger partial charge in [0, 0.05) is 35.6 Å². The first-order valence-electron chi connectivity index (χ1n) is 10.5. The fourth-order valence-corrected chi connectivity index (χ4v) is 4.51. The minimum absolute atomic E-state index is 0.167. The van der Waals surface area contributed by atoms with Gasteiger partial charge in [0.2, 0.25) is 0 Å². The Bertz CT molecular complexity index is 950. The minimum Gasteiger partial charge on any atom is -0.497 e. The molecule has 1 aliphatic rings. The molecule has 1 saturated carbocycles. The Morgan fingerprint density at radius 3 is 2.71 bits per heavy atom. The van der Waals surface area contributed by atoms with Crippen molar-refractivity contribution < 1.29 is 9.53 Å². The number of fused-ring (bicyclic) bond motifs is 1. The molecule has 146 valence electrons. The number of hydrogen-bond donors (Lipinski definition) is 0. The number of rotatable bonds is 7. The summed E-state index contributed by atoms with van der Waals surface area (Å²) in [6, 6.07) is 16.1. The molecular formula is C25H29NO2. The highest BCUT2D eigenvalue weighted by molar-refractivity contribution is 6.08. The maximum atomic E-state index is 13.1. The van der Waals surface area contributed by atoms with Crippen molar-refractivity contribution in [1.82, 2.24) is 4.57 Å². The Morgan fingerprint density at radius 1 is 1.07 bits per heavy atom. The fourth-order valence-electron chi connectivity index (χ4n) is 4.51. The topological polar surface area (TPSA) is 31.2 Å². The second-order valence-corrected chi connectivity index (χ2v) is 8.00. The molecule has 3 aromatic rings. The second-order valence-electron chi connectivity index (χ2n) is 8.00. The summed E-state index contributed by atoms with van der Waals surface area (Å²) in [7, 11) is 1.65. The lowest BCUT2D eigenvalue weighted by molar-refractivity contribution is 0.0994. The Labute approximate surface area is 167 Å². The number of hydrogen-bond acceptors (Lipinski definition) is 2. The quantitative estimate of drug-likeness (QED) is 0.471. The number of para-hydroxylation sites is 1. The van der Waals surface area contributed by atoms with Crippen molar-refractivity contribution in [3.05, 3.63) is 65.9 Å². The van der Waals surface area contributed by atoms with Crippen molar-refractivity contribution in [3.63, 3.8) is 0 Å². The van der Waals surface area contributed by atoms with E-state index in [1.54, 1.807) is 7.11 Å². The van der Waals surface area contributed by atoms with E-state index in [1.165, 1.54) is 44.0 Å². The molecule has 1 aromatic heterocycles. The standard InChI is InChI=1S/C25H29NO2/c1-28-21-11-7-10-20(16-21)17-25(27)23-18-26(24-13-6-5-12-22(23)24)15-14-19-8-3-2-4-9-19/h5-7,10-13,16,18-19H,2-4,8-9,14-15,17H2,1H3. The van der Waals surface area contributed by atoms with Gasteiger partial charge in [0.15, 0.2) is 5.78 Å². The minimum atomic E-state index is 0.167. The van der Waals surface area contributed by atoms with Gasteiger partial charge in [-0.05, 0) is 36.1 Å². The largest absolute Gasteiger partial charge is 0.497 e. The number of ether oxygens (including phenoxy) is 1. The molecule has 0 N–H and O–H groups in total. The predicted molar refractivity (Wildman–Crippen MR) is 114 cm³/mol. The maximum Gasteiger partial charge on any atom is 0.169 e. The highest BCUT2D eigenvalue weighted by Crippen LogP contribution is 2.29. The molecule has 0 amide bonds. The van der Waals surface area contributed by atoms with Crippen LogP contribution in [0.15, 0.2) is 54.7 Å². The molecule has 4 rings (SSSR count). The van der Waals surface area contributed by atoms with Crippen LogP contribution in [0, 0.1) is 5.92 Å². The summed E-state index contributed by atoms with van der Waals surface area (Å²) in [6.07, 6.45) is 10.6. The first-order chi connectivity index (χ1) is 13.7. The summed E-state index contributed by atoms with van der Waals surface area (Å²) >= 11 is 0. The van der Waals surface area contributed by atoms with Gasteiger partial charge in [-0.25, -0.2) is 0 Å². The van der Waals surface area contributed by atoms with E-state index < -0.39 is 0 Å². The number of aryl methyl sites for hydroxylation is 1. The Hall–Kier alpha value is -2.55. The third kappa shape index (κ3) is 4.14. The van der Waals surface area contributed by atoms with Crippen molar-refractivity contribution in [3.8, 4) is 5.75 Å². The van der Waals surface area contributed by atoms with E-state index in [1.807, 2.05) is 30.3 Å². The summed E-state index contributed by atoms with van der Waals surface area (Å²) < 4.78 is 7.58. The summed E-state index contributed by atoms with van der Waals surface area (Å²) in [6.45, 7) is 0.998. The number of methoxy groups -OCH3 is 1. The van der Waals surface area contributed by atoms with Crippen LogP contribution in [0.25, 0.3) is 10.9 Å². The van der Waals surface area contributed by atoms with E-state index >= 15 is 0 Å². The lowest BCUT2D eigenvalue weighted by Gasteiger charge is -2.21. The van der Waals surface area contributed by atoms with Crippen LogP contribution in [-0.4, -0.2) is 17.5 Å². The smallest absolute Gasteiger partial charge is 0.169 e. The molecule has 3 nitrogen and oxygen atoms in total. The van der Waals surface area contributed by atoms with Crippen LogP contribution < -0.4 is 4.74 Å². The average molecular weight is 376 g/mol. The molecule has 3 heteroatoms. The van der Waals surface area contributed by atoms with Gasteiger partial charge in [-0.1, -0.05) is 62.4 Å². The lowest BCUT2D eigenvalue weighted by atomic mass is 9.87. The molecule has 2 aromatic carbocycles. The third-order valence-corrected chi connectivity index (χ3v) is 6.09. The maximum absolute atomic E-state index is 13.1. The van der Waals surface area contributed by atoms with Crippen LogP contribution in [0.5, 0.6) is 5.75 Å². The summed E-state index contributed by atoms with van der Waals surface area (Å²) in [5.41, 5.74) is 3.00. The lowest BCUT2D eigenvalue weighted by Crippen LogP contribution is -2.09. The number of Topliss-reactive ketones (excluding diaryl/α,β-unsaturated/α-hetero) is 1. The molecule has 28 heavy (non-hydrogen) atoms. The number of ketones is 1. The molecule has 0 saturated heterocycles. The molecule has 0 unspecified atom stereocenters. The van der Waals surface area contributed by atoms with Crippen molar-refractivity contribution in [2.75, 3.05) is 7.11 Å². The number of carbonyl (C=O) groups excluding carboxylic acids is 1. The van der Waals surface area contributed by atoms with E-state index in [0.29, 0.717) is 6.42 Å². The summed E-state index contributed by atoms with van der Waals surface area (Å²) in [5, 5.41) is 1.07. The summed E-state index contributed by atoms with van der Waals surface area (Å²) in [4.78, 5) is 13.1. The van der Waals surface area contributed by atoms with Crippen LogP contribution in [-0.2, 0) is 13.0 Å². The van der Waals surface area contributed by atoms with Crippen LogP contribution in [0.1, 0.15) is 54.4 Å². The molecule has 0 atom stereocenters. The number of benzene rings is 2. The van der Waals surface area contributed by atoms with E-state index in [0.717, 1.165) is 34.7 Å². The highest BCUT2D eigenvalue weighted by Gasteiger charge is 2.17. The molecule has 1 aliphatic carbocycles. The number of carbonyl (C=O) groups is 1. The van der Waals surface area contributed by atoms with Gasteiger partial charge in [-0.2, -0.15) is 0 Å². The van der Waals surface area contributed by atoms with Gasteiger partial charge in [0.05, 0.1) is 7.11 Å². The van der Waals surface area contributed by atoms with Crippen LogP contribution in [0.2, 0.25) is 0 Å². The van der Waals surface area contributed by atoms with Gasteiger partial charge < -0.3 is 9.30 Å². The molecular weight excluding hydrogens is 346 g/mol. The Balaban J connectivity index is 1.55. The normalized spacial score (nSPS) is 15.0. The van der Waals surface area contributed by atoms with E-state index in [9.17, 15) is 4.79 Å². The van der Waals surface area contributed by atoms with Gasteiger partial charge in [-0.15, -0.1) is 0 Å². The van der Waals surface area contributed by atoms with Crippen molar-refractivity contribution in [2.45, 2.75) is 51.5 Å². The van der Waals surface area contributed by atoms with E-state index in [-0.39, 0.29) is 5.78 Å². The average Bonchev–Trinajstić information content (AvgIpc) is 3.12. The van der Waals surface area contributed by atoms with Crippen LogP contribution in [0.3, 0.4) is 0 Å². The molecule has 0 spiro atoms. The summed E-state index contributed by atoms with van der Waals surface area (Å²) in [5.74, 6) is 1.80. The number of aromatic nitrogens is 1. The van der Waals surface area contributed by atoms with Crippen LogP contribution in [0.4, 0.5) is 0 Å². The monoisotopic (exact) mass is 375 g/mol. The third-order valence-electron chi connectivity index (χ3n) is 6.09. The Kier molecular flexibility index (Phi) is 5.80. The van der Waals surface area contributed by atoms with Gasteiger partial charge in [-0.3, -0.25) is 4.79 Å². The second kappa shape index (κ2) is 8.64. The first-order valence-corrected chi connectivity index (χ1v) is 10.5. The zero-order chi connectivity index (χ0) is 19.3. The molecule has 0 radical (unpaired) electrons. The van der Waals surface area contributed by atoms with Gasteiger partial charge in [0.25, 0.3) is 0 Å². The van der Waals surface area contributed by atoms with Crippen molar-refractivity contribution >= 4 is 16.7 Å². The molecule has 0 aliphatic heterocycles. The zero-order valence-electron chi connectivity index (χ0n) is 16.7. The van der Waals surface area contributed by atoms with E-state index in [4.69, 9.17) is 4.74 Å². The van der Waals surface area contributed by atoms with Gasteiger partial charge in [0.1, 0.15) is 5.75 Å². The molecule has 0 bridgehead atoms. The molecule has 1 heterocycles.